The lowest BCUT2D eigenvalue weighted by Gasteiger charge is -2.15. The summed E-state index contributed by atoms with van der Waals surface area (Å²) in [4.78, 5) is 4.78. The molecule has 0 aliphatic carbocycles. The third kappa shape index (κ3) is 3.94. The van der Waals surface area contributed by atoms with Gasteiger partial charge in [0.25, 0.3) is 0 Å². The number of nitrogens with zero attached hydrogens (tertiary/aromatic N) is 1. The van der Waals surface area contributed by atoms with E-state index in [1.54, 1.807) is 18.2 Å². The van der Waals surface area contributed by atoms with Crippen molar-refractivity contribution in [3.8, 4) is 5.75 Å². The average molecular weight is 344 g/mol. The number of hydrogen-bond donors (Lipinski definition) is 1. The van der Waals surface area contributed by atoms with Gasteiger partial charge in [-0.3, -0.25) is 4.99 Å². The van der Waals surface area contributed by atoms with E-state index in [4.69, 9.17) is 4.74 Å². The van der Waals surface area contributed by atoms with Crippen LogP contribution in [0.3, 0.4) is 0 Å². The Kier molecular flexibility index (Phi) is 4.85. The molecule has 0 saturated carbocycles. The van der Waals surface area contributed by atoms with Gasteiger partial charge in [-0.15, -0.1) is 0 Å². The smallest absolute Gasteiger partial charge is 0.175 e. The monoisotopic (exact) mass is 344 g/mol. The van der Waals surface area contributed by atoms with Crippen LogP contribution in [0.25, 0.3) is 0 Å². The van der Waals surface area contributed by atoms with E-state index >= 15 is 0 Å². The molecule has 0 fully saturated rings. The van der Waals surface area contributed by atoms with Crippen LogP contribution >= 0.6 is 0 Å². The number of nitrogens with one attached hydrogen (secondary N) is 1. The second-order valence-corrected chi connectivity index (χ2v) is 7.69. The van der Waals surface area contributed by atoms with Gasteiger partial charge in [0.15, 0.2) is 9.84 Å². The molecule has 0 amide bonds. The molecule has 1 aliphatic heterocycles. The van der Waals surface area contributed by atoms with Crippen LogP contribution in [0.4, 0.5) is 0 Å². The number of amidine groups is 1. The summed E-state index contributed by atoms with van der Waals surface area (Å²) in [6.07, 6.45) is 2.25. The van der Waals surface area contributed by atoms with E-state index in [1.807, 2.05) is 30.3 Å². The van der Waals surface area contributed by atoms with Crippen LogP contribution < -0.4 is 10.1 Å². The largest absolute Gasteiger partial charge is 0.489 e. The second-order valence-electron chi connectivity index (χ2n) is 5.71. The van der Waals surface area contributed by atoms with Crippen LogP contribution in [-0.2, 0) is 16.4 Å². The Morgan fingerprint density at radius 3 is 2.75 bits per heavy atom. The molecule has 0 unspecified atom stereocenters. The summed E-state index contributed by atoms with van der Waals surface area (Å²) in [5.41, 5.74) is 1.63. The fourth-order valence-electron chi connectivity index (χ4n) is 2.61. The van der Waals surface area contributed by atoms with Gasteiger partial charge in [-0.05, 0) is 24.6 Å². The quantitative estimate of drug-likeness (QED) is 0.904. The van der Waals surface area contributed by atoms with E-state index in [2.05, 4.69) is 10.3 Å². The Morgan fingerprint density at radius 1 is 1.17 bits per heavy atom. The van der Waals surface area contributed by atoms with Crippen LogP contribution in [0.15, 0.2) is 58.4 Å². The summed E-state index contributed by atoms with van der Waals surface area (Å²) >= 11 is 0. The van der Waals surface area contributed by atoms with Crippen molar-refractivity contribution in [2.45, 2.75) is 17.9 Å². The third-order valence-corrected chi connectivity index (χ3v) is 4.97. The molecule has 24 heavy (non-hydrogen) atoms. The molecule has 5 nitrogen and oxygen atoms in total. The van der Waals surface area contributed by atoms with Crippen molar-refractivity contribution in [2.24, 2.45) is 4.99 Å². The van der Waals surface area contributed by atoms with E-state index in [1.165, 1.54) is 6.26 Å². The Bertz CT molecular complexity index is 860. The van der Waals surface area contributed by atoms with Crippen molar-refractivity contribution < 1.29 is 13.2 Å². The summed E-state index contributed by atoms with van der Waals surface area (Å²) in [5, 5.41) is 3.28. The summed E-state index contributed by atoms with van der Waals surface area (Å²) < 4.78 is 29.5. The summed E-state index contributed by atoms with van der Waals surface area (Å²) in [6, 6.07) is 14.6. The normalized spacial score (nSPS) is 14.6. The van der Waals surface area contributed by atoms with Gasteiger partial charge in [0.2, 0.25) is 0 Å². The zero-order valence-corrected chi connectivity index (χ0v) is 14.3. The number of sulfone groups is 1. The van der Waals surface area contributed by atoms with Gasteiger partial charge in [-0.1, -0.05) is 30.3 Å². The highest BCUT2D eigenvalue weighted by molar-refractivity contribution is 7.90. The van der Waals surface area contributed by atoms with Crippen LogP contribution in [0, 0.1) is 0 Å². The lowest BCUT2D eigenvalue weighted by atomic mass is 10.1. The Hall–Kier alpha value is -2.34. The Labute approximate surface area is 142 Å². The molecule has 0 radical (unpaired) electrons. The highest BCUT2D eigenvalue weighted by atomic mass is 32.2. The van der Waals surface area contributed by atoms with Crippen LogP contribution in [0.2, 0.25) is 0 Å². The molecule has 0 aromatic heterocycles. The van der Waals surface area contributed by atoms with E-state index in [0.29, 0.717) is 16.2 Å². The molecule has 3 rings (SSSR count). The van der Waals surface area contributed by atoms with Gasteiger partial charge >= 0.3 is 0 Å². The van der Waals surface area contributed by atoms with Gasteiger partial charge < -0.3 is 10.1 Å². The SMILES string of the molecule is CS(=O)(=O)c1ccccc1COc1cccc(C2=NCCCN2)c1. The molecule has 0 spiro atoms. The highest BCUT2D eigenvalue weighted by Gasteiger charge is 2.13. The van der Waals surface area contributed by atoms with E-state index in [0.717, 1.165) is 30.9 Å². The molecule has 2 aromatic carbocycles. The fourth-order valence-corrected chi connectivity index (χ4v) is 3.53. The maximum Gasteiger partial charge on any atom is 0.175 e. The fraction of sp³-hybridized carbons (Fsp3) is 0.278. The predicted molar refractivity (Wildman–Crippen MR) is 94.3 cm³/mol. The van der Waals surface area contributed by atoms with E-state index < -0.39 is 9.84 Å². The summed E-state index contributed by atoms with van der Waals surface area (Å²) in [6.45, 7) is 1.95. The van der Waals surface area contributed by atoms with Crippen molar-refractivity contribution in [1.82, 2.24) is 5.32 Å². The van der Waals surface area contributed by atoms with Crippen molar-refractivity contribution in [2.75, 3.05) is 19.3 Å². The molecule has 2 aromatic rings. The summed E-state index contributed by atoms with van der Waals surface area (Å²) in [5.74, 6) is 1.56. The third-order valence-electron chi connectivity index (χ3n) is 3.77. The standard InChI is InChI=1S/C18H20N2O3S/c1-24(21,22)17-9-3-2-6-15(17)13-23-16-8-4-7-14(12-16)18-19-10-5-11-20-18/h2-4,6-9,12H,5,10-11,13H2,1H3,(H,19,20). The van der Waals surface area contributed by atoms with Gasteiger partial charge in [0.1, 0.15) is 18.2 Å². The molecule has 1 heterocycles. The first-order valence-electron chi connectivity index (χ1n) is 7.83. The molecule has 0 saturated heterocycles. The van der Waals surface area contributed by atoms with Crippen molar-refractivity contribution >= 4 is 15.7 Å². The van der Waals surface area contributed by atoms with Crippen molar-refractivity contribution in [1.29, 1.82) is 0 Å². The minimum Gasteiger partial charge on any atom is -0.489 e. The van der Waals surface area contributed by atoms with Crippen LogP contribution in [0.1, 0.15) is 17.5 Å². The van der Waals surface area contributed by atoms with E-state index in [-0.39, 0.29) is 6.61 Å². The molecule has 0 atom stereocenters. The highest BCUT2D eigenvalue weighted by Crippen LogP contribution is 2.20. The topological polar surface area (TPSA) is 67.8 Å². The number of hydrogen-bond acceptors (Lipinski definition) is 5. The number of aliphatic imine (C=N–C) groups is 1. The van der Waals surface area contributed by atoms with Crippen molar-refractivity contribution in [3.63, 3.8) is 0 Å². The van der Waals surface area contributed by atoms with Gasteiger partial charge in [0.05, 0.1) is 4.90 Å². The van der Waals surface area contributed by atoms with Crippen LogP contribution in [0.5, 0.6) is 5.75 Å². The maximum absolute atomic E-state index is 11.8. The first-order valence-corrected chi connectivity index (χ1v) is 9.73. The molecular formula is C18H20N2O3S. The Balaban J connectivity index is 1.77. The predicted octanol–water partition coefficient (Wildman–Crippen LogP) is 2.41. The minimum absolute atomic E-state index is 0.201. The zero-order valence-electron chi connectivity index (χ0n) is 13.5. The molecular weight excluding hydrogens is 324 g/mol. The zero-order chi connectivity index (χ0) is 17.0. The van der Waals surface area contributed by atoms with Gasteiger partial charge in [-0.25, -0.2) is 8.42 Å². The first-order chi connectivity index (χ1) is 11.5. The lowest BCUT2D eigenvalue weighted by Crippen LogP contribution is -2.30. The molecule has 1 aliphatic rings. The average Bonchev–Trinajstić information content (AvgIpc) is 2.60. The number of benzene rings is 2. The molecule has 126 valence electrons. The summed E-state index contributed by atoms with van der Waals surface area (Å²) in [7, 11) is -3.27. The molecule has 6 heteroatoms. The molecule has 1 N–H and O–H groups in total. The Morgan fingerprint density at radius 2 is 2.00 bits per heavy atom. The number of ether oxygens (including phenoxy) is 1. The minimum atomic E-state index is -3.27. The lowest BCUT2D eigenvalue weighted by molar-refractivity contribution is 0.303. The second kappa shape index (κ2) is 7.05. The molecule has 0 bridgehead atoms. The van der Waals surface area contributed by atoms with Crippen molar-refractivity contribution in [3.05, 3.63) is 59.7 Å². The van der Waals surface area contributed by atoms with E-state index in [9.17, 15) is 8.42 Å². The number of rotatable bonds is 5. The van der Waals surface area contributed by atoms with Gasteiger partial charge in [-0.2, -0.15) is 0 Å². The van der Waals surface area contributed by atoms with Gasteiger partial charge in [0, 0.05) is 30.5 Å². The van der Waals surface area contributed by atoms with Crippen LogP contribution in [-0.4, -0.2) is 33.6 Å². The maximum atomic E-state index is 11.8. The first kappa shape index (κ1) is 16.5.